The van der Waals surface area contributed by atoms with E-state index in [-0.39, 0.29) is 18.0 Å². The molecule has 2 aromatic heterocycles. The van der Waals surface area contributed by atoms with Crippen molar-refractivity contribution in [2.45, 2.75) is 27.3 Å². The normalized spacial score (nSPS) is 11.0. The van der Waals surface area contributed by atoms with Gasteiger partial charge in [0.2, 0.25) is 5.91 Å². The van der Waals surface area contributed by atoms with Crippen LogP contribution in [0.5, 0.6) is 0 Å². The zero-order chi connectivity index (χ0) is 20.5. The van der Waals surface area contributed by atoms with Crippen molar-refractivity contribution >= 4 is 17.1 Å². The first-order valence-corrected chi connectivity index (χ1v) is 9.30. The van der Waals surface area contributed by atoms with E-state index in [9.17, 15) is 9.59 Å². The molecular weight excluding hydrogens is 366 g/mol. The third-order valence-electron chi connectivity index (χ3n) is 4.74. The van der Waals surface area contributed by atoms with E-state index < -0.39 is 0 Å². The number of hydrogen-bond donors (Lipinski definition) is 1. The molecule has 0 aliphatic heterocycles. The van der Waals surface area contributed by atoms with Gasteiger partial charge in [0.25, 0.3) is 5.56 Å². The van der Waals surface area contributed by atoms with E-state index >= 15 is 0 Å². The van der Waals surface area contributed by atoms with Crippen molar-refractivity contribution < 1.29 is 4.79 Å². The van der Waals surface area contributed by atoms with Crippen LogP contribution in [0, 0.1) is 20.8 Å². The lowest BCUT2D eigenvalue weighted by Crippen LogP contribution is -2.30. The smallest absolute Gasteiger partial charge is 0.293 e. The van der Waals surface area contributed by atoms with Crippen molar-refractivity contribution in [2.75, 3.05) is 5.32 Å². The lowest BCUT2D eigenvalue weighted by atomic mass is 10.0. The average molecular weight is 387 g/mol. The van der Waals surface area contributed by atoms with Crippen molar-refractivity contribution in [1.29, 1.82) is 0 Å². The zero-order valence-electron chi connectivity index (χ0n) is 16.5. The number of benzene rings is 2. The van der Waals surface area contributed by atoms with Gasteiger partial charge in [-0.15, -0.1) is 0 Å². The third kappa shape index (κ3) is 3.80. The standard InChI is InChI=1S/C22H21N5O2/c1-14-5-4-6-17(10-14)24-21(28)12-26-22(29)20-11-19(25-27(20)13-23-26)18-8-7-15(2)9-16(18)3/h4-11,13H,12H2,1-3H3,(H,24,28). The summed E-state index contributed by atoms with van der Waals surface area (Å²) in [6.07, 6.45) is 1.45. The fourth-order valence-corrected chi connectivity index (χ4v) is 3.34. The molecule has 4 rings (SSSR count). The van der Waals surface area contributed by atoms with Gasteiger partial charge in [0.15, 0.2) is 0 Å². The van der Waals surface area contributed by atoms with Crippen molar-refractivity contribution in [2.24, 2.45) is 0 Å². The van der Waals surface area contributed by atoms with Crippen molar-refractivity contribution in [3.8, 4) is 11.3 Å². The highest BCUT2D eigenvalue weighted by atomic mass is 16.2. The third-order valence-corrected chi connectivity index (χ3v) is 4.74. The van der Waals surface area contributed by atoms with E-state index in [1.807, 2.05) is 51.1 Å². The summed E-state index contributed by atoms with van der Waals surface area (Å²) in [6.45, 7) is 5.82. The molecule has 0 aliphatic rings. The fourth-order valence-electron chi connectivity index (χ4n) is 3.34. The van der Waals surface area contributed by atoms with Crippen LogP contribution in [-0.4, -0.2) is 25.3 Å². The number of rotatable bonds is 4. The Balaban J connectivity index is 1.62. The van der Waals surface area contributed by atoms with E-state index in [0.717, 1.165) is 21.4 Å². The minimum absolute atomic E-state index is 0.173. The maximum atomic E-state index is 12.8. The first kappa shape index (κ1) is 18.6. The van der Waals surface area contributed by atoms with E-state index in [2.05, 4.69) is 21.6 Å². The Bertz CT molecular complexity index is 1290. The highest BCUT2D eigenvalue weighted by Gasteiger charge is 2.13. The molecule has 146 valence electrons. The number of aromatic nitrogens is 4. The van der Waals surface area contributed by atoms with E-state index in [1.54, 1.807) is 12.1 Å². The summed E-state index contributed by atoms with van der Waals surface area (Å²) in [5, 5.41) is 11.4. The highest BCUT2D eigenvalue weighted by Crippen LogP contribution is 2.23. The Labute approximate surface area is 167 Å². The SMILES string of the molecule is Cc1cccc(NC(=O)Cn2ncn3nc(-c4ccc(C)cc4C)cc3c2=O)c1. The van der Waals surface area contributed by atoms with Crippen LogP contribution in [-0.2, 0) is 11.3 Å². The number of hydrogen-bond acceptors (Lipinski definition) is 4. The van der Waals surface area contributed by atoms with Gasteiger partial charge in [-0.05, 0) is 50.1 Å². The molecule has 0 fully saturated rings. The number of nitrogens with zero attached hydrogens (tertiary/aromatic N) is 4. The van der Waals surface area contributed by atoms with E-state index in [1.165, 1.54) is 16.4 Å². The van der Waals surface area contributed by atoms with Crippen molar-refractivity contribution in [1.82, 2.24) is 19.4 Å². The molecule has 1 amide bonds. The molecule has 0 atom stereocenters. The van der Waals surface area contributed by atoms with Crippen LogP contribution < -0.4 is 10.9 Å². The molecule has 0 unspecified atom stereocenters. The average Bonchev–Trinajstić information content (AvgIpc) is 3.09. The van der Waals surface area contributed by atoms with Gasteiger partial charge in [0.05, 0.1) is 5.69 Å². The Kier molecular flexibility index (Phi) is 4.72. The van der Waals surface area contributed by atoms with Crippen LogP contribution in [0.4, 0.5) is 5.69 Å². The van der Waals surface area contributed by atoms with Crippen LogP contribution >= 0.6 is 0 Å². The number of nitrogens with one attached hydrogen (secondary N) is 1. The number of carbonyl (C=O) groups excluding carboxylic acids is 1. The monoisotopic (exact) mass is 387 g/mol. The summed E-state index contributed by atoms with van der Waals surface area (Å²) in [5.41, 5.74) is 5.64. The molecule has 29 heavy (non-hydrogen) atoms. The first-order valence-electron chi connectivity index (χ1n) is 9.30. The van der Waals surface area contributed by atoms with E-state index in [0.29, 0.717) is 16.9 Å². The summed E-state index contributed by atoms with van der Waals surface area (Å²) < 4.78 is 2.60. The molecule has 2 aromatic carbocycles. The molecule has 0 aliphatic carbocycles. The second-order valence-corrected chi connectivity index (χ2v) is 7.19. The van der Waals surface area contributed by atoms with Gasteiger partial charge in [-0.2, -0.15) is 10.2 Å². The largest absolute Gasteiger partial charge is 0.324 e. The molecular formula is C22H21N5O2. The molecule has 2 heterocycles. The minimum atomic E-state index is -0.365. The zero-order valence-corrected chi connectivity index (χ0v) is 16.5. The van der Waals surface area contributed by atoms with Gasteiger partial charge < -0.3 is 5.32 Å². The predicted octanol–water partition coefficient (Wildman–Crippen LogP) is 3.12. The van der Waals surface area contributed by atoms with Crippen LogP contribution in [0.3, 0.4) is 0 Å². The quantitative estimate of drug-likeness (QED) is 0.583. The van der Waals surface area contributed by atoms with Crippen LogP contribution in [0.15, 0.2) is 59.7 Å². The second kappa shape index (κ2) is 7.35. The number of anilines is 1. The lowest BCUT2D eigenvalue weighted by molar-refractivity contribution is -0.117. The van der Waals surface area contributed by atoms with E-state index in [4.69, 9.17) is 0 Å². The first-order chi connectivity index (χ1) is 13.9. The molecule has 4 aromatic rings. The van der Waals surface area contributed by atoms with Crippen molar-refractivity contribution in [3.05, 3.63) is 81.9 Å². The molecule has 0 spiro atoms. The number of amides is 1. The summed E-state index contributed by atoms with van der Waals surface area (Å²) in [4.78, 5) is 25.2. The molecule has 0 bridgehead atoms. The maximum absolute atomic E-state index is 12.8. The van der Waals surface area contributed by atoms with Gasteiger partial charge in [-0.1, -0.05) is 35.9 Å². The van der Waals surface area contributed by atoms with Crippen LogP contribution in [0.1, 0.15) is 16.7 Å². The molecule has 1 N–H and O–H groups in total. The highest BCUT2D eigenvalue weighted by molar-refractivity contribution is 5.90. The summed E-state index contributed by atoms with van der Waals surface area (Å²) in [6, 6.07) is 15.3. The Morgan fingerprint density at radius 3 is 2.59 bits per heavy atom. The van der Waals surface area contributed by atoms with Gasteiger partial charge >= 0.3 is 0 Å². The van der Waals surface area contributed by atoms with Gasteiger partial charge in [0, 0.05) is 11.3 Å². The van der Waals surface area contributed by atoms with Crippen LogP contribution in [0.2, 0.25) is 0 Å². The van der Waals surface area contributed by atoms with Gasteiger partial charge in [-0.25, -0.2) is 9.20 Å². The Hall–Kier alpha value is -3.74. The summed E-state index contributed by atoms with van der Waals surface area (Å²) >= 11 is 0. The fraction of sp³-hybridized carbons (Fsp3) is 0.182. The molecule has 7 nitrogen and oxygen atoms in total. The minimum Gasteiger partial charge on any atom is -0.324 e. The van der Waals surface area contributed by atoms with Crippen LogP contribution in [0.25, 0.3) is 16.8 Å². The number of carbonyl (C=O) groups is 1. The summed E-state index contributed by atoms with van der Waals surface area (Å²) in [5.74, 6) is -0.316. The molecule has 0 saturated heterocycles. The number of fused-ring (bicyclic) bond motifs is 1. The predicted molar refractivity (Wildman–Crippen MR) is 112 cm³/mol. The number of aryl methyl sites for hydroxylation is 3. The molecule has 0 radical (unpaired) electrons. The Morgan fingerprint density at radius 1 is 1.03 bits per heavy atom. The Morgan fingerprint density at radius 2 is 1.83 bits per heavy atom. The van der Waals surface area contributed by atoms with Gasteiger partial charge in [0.1, 0.15) is 18.4 Å². The second-order valence-electron chi connectivity index (χ2n) is 7.19. The van der Waals surface area contributed by atoms with Gasteiger partial charge in [-0.3, -0.25) is 9.59 Å². The van der Waals surface area contributed by atoms with Crippen molar-refractivity contribution in [3.63, 3.8) is 0 Å². The molecule has 0 saturated carbocycles. The lowest BCUT2D eigenvalue weighted by Gasteiger charge is -2.07. The summed E-state index contributed by atoms with van der Waals surface area (Å²) in [7, 11) is 0. The topological polar surface area (TPSA) is 81.3 Å². The molecule has 7 heteroatoms. The maximum Gasteiger partial charge on any atom is 0.293 e.